The van der Waals surface area contributed by atoms with Crippen molar-refractivity contribution in [3.63, 3.8) is 0 Å². The van der Waals surface area contributed by atoms with Gasteiger partial charge in [0.05, 0.1) is 6.10 Å². The van der Waals surface area contributed by atoms with Crippen molar-refractivity contribution in [3.8, 4) is 0 Å². The monoisotopic (exact) mass is 201 g/mol. The molecule has 0 spiro atoms. The SMILES string of the molecule is OCCCCCNC1CCC(O)CC1. The van der Waals surface area contributed by atoms with Crippen molar-refractivity contribution in [1.29, 1.82) is 0 Å². The van der Waals surface area contributed by atoms with Gasteiger partial charge in [0, 0.05) is 12.6 Å². The molecule has 0 aromatic carbocycles. The first-order valence-corrected chi connectivity index (χ1v) is 5.85. The Bertz CT molecular complexity index is 133. The first-order chi connectivity index (χ1) is 6.83. The third-order valence-corrected chi connectivity index (χ3v) is 2.96. The Morgan fingerprint density at radius 2 is 1.71 bits per heavy atom. The summed E-state index contributed by atoms with van der Waals surface area (Å²) in [5.41, 5.74) is 0. The van der Waals surface area contributed by atoms with E-state index in [4.69, 9.17) is 5.11 Å². The Balaban J connectivity index is 1.91. The van der Waals surface area contributed by atoms with Gasteiger partial charge in [-0.05, 0) is 51.5 Å². The molecule has 1 fully saturated rings. The molecule has 84 valence electrons. The van der Waals surface area contributed by atoms with Crippen LogP contribution >= 0.6 is 0 Å². The zero-order valence-electron chi connectivity index (χ0n) is 8.91. The van der Waals surface area contributed by atoms with Crippen LogP contribution in [0.25, 0.3) is 0 Å². The van der Waals surface area contributed by atoms with Gasteiger partial charge in [-0.15, -0.1) is 0 Å². The number of aliphatic hydroxyl groups is 2. The molecule has 1 saturated carbocycles. The van der Waals surface area contributed by atoms with Gasteiger partial charge in [0.1, 0.15) is 0 Å². The van der Waals surface area contributed by atoms with Crippen molar-refractivity contribution >= 4 is 0 Å². The average Bonchev–Trinajstić information content (AvgIpc) is 2.21. The maximum atomic E-state index is 9.31. The molecular formula is C11H23NO2. The van der Waals surface area contributed by atoms with Crippen molar-refractivity contribution < 1.29 is 10.2 Å². The fraction of sp³-hybridized carbons (Fsp3) is 1.00. The average molecular weight is 201 g/mol. The standard InChI is InChI=1S/C11H23NO2/c13-9-3-1-2-8-12-10-4-6-11(14)7-5-10/h10-14H,1-9H2. The molecule has 0 atom stereocenters. The predicted octanol–water partition coefficient (Wildman–Crippen LogP) is 1.04. The van der Waals surface area contributed by atoms with E-state index < -0.39 is 0 Å². The van der Waals surface area contributed by atoms with Crippen LogP contribution in [0.15, 0.2) is 0 Å². The molecule has 14 heavy (non-hydrogen) atoms. The number of aliphatic hydroxyl groups excluding tert-OH is 2. The normalized spacial score (nSPS) is 27.9. The first kappa shape index (κ1) is 12.0. The van der Waals surface area contributed by atoms with Crippen molar-refractivity contribution in [3.05, 3.63) is 0 Å². The topological polar surface area (TPSA) is 52.5 Å². The summed E-state index contributed by atoms with van der Waals surface area (Å²) in [4.78, 5) is 0. The number of hydrogen-bond acceptors (Lipinski definition) is 3. The van der Waals surface area contributed by atoms with Crippen LogP contribution in [0.3, 0.4) is 0 Å². The van der Waals surface area contributed by atoms with E-state index in [-0.39, 0.29) is 6.10 Å². The summed E-state index contributed by atoms with van der Waals surface area (Å²) < 4.78 is 0. The van der Waals surface area contributed by atoms with E-state index >= 15 is 0 Å². The number of nitrogens with one attached hydrogen (secondary N) is 1. The second-order valence-corrected chi connectivity index (χ2v) is 4.24. The highest BCUT2D eigenvalue weighted by Crippen LogP contribution is 2.18. The lowest BCUT2D eigenvalue weighted by Gasteiger charge is -2.26. The third-order valence-electron chi connectivity index (χ3n) is 2.96. The van der Waals surface area contributed by atoms with Gasteiger partial charge in [0.2, 0.25) is 0 Å². The highest BCUT2D eigenvalue weighted by molar-refractivity contribution is 4.76. The zero-order valence-corrected chi connectivity index (χ0v) is 8.91. The van der Waals surface area contributed by atoms with Gasteiger partial charge in [-0.3, -0.25) is 0 Å². The number of unbranched alkanes of at least 4 members (excludes halogenated alkanes) is 2. The Labute approximate surface area is 86.5 Å². The highest BCUT2D eigenvalue weighted by Gasteiger charge is 2.18. The van der Waals surface area contributed by atoms with Crippen LogP contribution in [-0.2, 0) is 0 Å². The largest absolute Gasteiger partial charge is 0.396 e. The summed E-state index contributed by atoms with van der Waals surface area (Å²) in [7, 11) is 0. The lowest BCUT2D eigenvalue weighted by atomic mass is 9.93. The van der Waals surface area contributed by atoms with Crippen molar-refractivity contribution in [2.24, 2.45) is 0 Å². The van der Waals surface area contributed by atoms with E-state index in [9.17, 15) is 5.11 Å². The Hall–Kier alpha value is -0.120. The lowest BCUT2D eigenvalue weighted by Crippen LogP contribution is -2.35. The van der Waals surface area contributed by atoms with E-state index in [0.29, 0.717) is 12.6 Å². The van der Waals surface area contributed by atoms with E-state index in [1.54, 1.807) is 0 Å². The molecule has 3 N–H and O–H groups in total. The zero-order chi connectivity index (χ0) is 10.2. The predicted molar refractivity (Wildman–Crippen MR) is 57.2 cm³/mol. The molecule has 0 amide bonds. The van der Waals surface area contributed by atoms with Crippen LogP contribution in [0.4, 0.5) is 0 Å². The molecule has 1 aliphatic carbocycles. The van der Waals surface area contributed by atoms with Gasteiger partial charge in [-0.1, -0.05) is 0 Å². The van der Waals surface area contributed by atoms with Crippen LogP contribution in [0.5, 0.6) is 0 Å². The summed E-state index contributed by atoms with van der Waals surface area (Å²) in [6, 6.07) is 0.618. The van der Waals surface area contributed by atoms with Crippen LogP contribution in [0.2, 0.25) is 0 Å². The lowest BCUT2D eigenvalue weighted by molar-refractivity contribution is 0.116. The summed E-state index contributed by atoms with van der Waals surface area (Å²) in [6.45, 7) is 1.37. The fourth-order valence-electron chi connectivity index (χ4n) is 2.00. The third kappa shape index (κ3) is 4.94. The van der Waals surface area contributed by atoms with Gasteiger partial charge in [0.25, 0.3) is 0 Å². The van der Waals surface area contributed by atoms with E-state index in [1.165, 1.54) is 0 Å². The maximum Gasteiger partial charge on any atom is 0.0541 e. The van der Waals surface area contributed by atoms with Gasteiger partial charge >= 0.3 is 0 Å². The number of rotatable bonds is 6. The molecule has 0 aliphatic heterocycles. The van der Waals surface area contributed by atoms with E-state index in [1.807, 2.05) is 0 Å². The molecule has 0 bridgehead atoms. The summed E-state index contributed by atoms with van der Waals surface area (Å²) >= 11 is 0. The van der Waals surface area contributed by atoms with Gasteiger partial charge in [-0.2, -0.15) is 0 Å². The molecule has 0 radical (unpaired) electrons. The van der Waals surface area contributed by atoms with Gasteiger partial charge in [0.15, 0.2) is 0 Å². The second-order valence-electron chi connectivity index (χ2n) is 4.24. The Morgan fingerprint density at radius 1 is 1.00 bits per heavy atom. The minimum Gasteiger partial charge on any atom is -0.396 e. The minimum atomic E-state index is -0.0533. The molecule has 0 aromatic heterocycles. The van der Waals surface area contributed by atoms with Crippen LogP contribution in [0.1, 0.15) is 44.9 Å². The Morgan fingerprint density at radius 3 is 2.36 bits per heavy atom. The second kappa shape index (κ2) is 7.21. The summed E-state index contributed by atoms with van der Waals surface area (Å²) in [5.74, 6) is 0. The first-order valence-electron chi connectivity index (χ1n) is 5.85. The molecule has 1 aliphatic rings. The quantitative estimate of drug-likeness (QED) is 0.563. The summed E-state index contributed by atoms with van der Waals surface area (Å²) in [5, 5.41) is 21.4. The molecule has 1 rings (SSSR count). The number of hydrogen-bond donors (Lipinski definition) is 3. The van der Waals surface area contributed by atoms with Crippen molar-refractivity contribution in [2.45, 2.75) is 57.1 Å². The maximum absolute atomic E-state index is 9.31. The molecule has 3 nitrogen and oxygen atoms in total. The highest BCUT2D eigenvalue weighted by atomic mass is 16.3. The minimum absolute atomic E-state index is 0.0533. The smallest absolute Gasteiger partial charge is 0.0541 e. The van der Waals surface area contributed by atoms with E-state index in [2.05, 4.69) is 5.32 Å². The van der Waals surface area contributed by atoms with Gasteiger partial charge in [-0.25, -0.2) is 0 Å². The van der Waals surface area contributed by atoms with Gasteiger partial charge < -0.3 is 15.5 Å². The van der Waals surface area contributed by atoms with Crippen LogP contribution in [0, 0.1) is 0 Å². The molecule has 0 heterocycles. The van der Waals surface area contributed by atoms with Crippen molar-refractivity contribution in [2.75, 3.05) is 13.2 Å². The van der Waals surface area contributed by atoms with E-state index in [0.717, 1.165) is 51.5 Å². The van der Waals surface area contributed by atoms with Crippen molar-refractivity contribution in [1.82, 2.24) is 5.32 Å². The molecule has 3 heteroatoms. The van der Waals surface area contributed by atoms with Crippen LogP contribution < -0.4 is 5.32 Å². The Kier molecular flexibility index (Phi) is 6.15. The fourth-order valence-corrected chi connectivity index (χ4v) is 2.00. The molecule has 0 unspecified atom stereocenters. The molecule has 0 aromatic rings. The van der Waals surface area contributed by atoms with Crippen LogP contribution in [-0.4, -0.2) is 35.5 Å². The molecular weight excluding hydrogens is 178 g/mol. The summed E-state index contributed by atoms with van der Waals surface area (Å²) in [6.07, 6.45) is 7.26. The molecule has 0 saturated heterocycles.